The molecule has 2 atom stereocenters. The van der Waals surface area contributed by atoms with E-state index >= 15 is 0 Å². The molecule has 284 valence electrons. The van der Waals surface area contributed by atoms with E-state index in [-0.39, 0.29) is 31.9 Å². The molecule has 2 N–H and O–H groups in total. The lowest BCUT2D eigenvalue weighted by molar-refractivity contribution is -0.157. The van der Waals surface area contributed by atoms with Gasteiger partial charge in [0.1, 0.15) is 17.5 Å². The van der Waals surface area contributed by atoms with Crippen LogP contribution in [0.3, 0.4) is 0 Å². The fourth-order valence-electron chi connectivity index (χ4n) is 6.46. The largest absolute Gasteiger partial charge is 0.497 e. The van der Waals surface area contributed by atoms with Gasteiger partial charge in [-0.25, -0.2) is 0 Å². The zero-order chi connectivity index (χ0) is 37.4. The Bertz CT molecular complexity index is 1440. The lowest BCUT2D eigenvalue weighted by Crippen LogP contribution is -2.41. The Morgan fingerprint density at radius 2 is 1.19 bits per heavy atom. The lowest BCUT2D eigenvalue weighted by Gasteiger charge is -2.37. The van der Waals surface area contributed by atoms with Gasteiger partial charge in [0.05, 0.1) is 33.1 Å². The highest BCUT2D eigenvalue weighted by molar-refractivity contribution is 5.77. The molecule has 0 bridgehead atoms. The number of carboxylic acids is 1. The first-order valence-corrected chi connectivity index (χ1v) is 19.4. The lowest BCUT2D eigenvalue weighted by atomic mass is 9.79. The molecule has 0 aliphatic carbocycles. The van der Waals surface area contributed by atoms with E-state index in [1.165, 1.54) is 64.2 Å². The summed E-state index contributed by atoms with van der Waals surface area (Å²) in [7, 11) is 1.62. The molecule has 0 heterocycles. The molecule has 3 aromatic carbocycles. The standard InChI is InChI=1S/C44H61NO7/c1-4-5-6-7-8-9-10-11-12-13-14-15-19-22-41(46)45-33-40(52-43(49)32-31-42(47)48)34-51-44(36-20-17-16-18-21-36,37-25-23-35(2)24-26-37)38-27-29-39(50-3)30-28-38/h16-18,20-21,23-30,40H,4-15,19,22,31-34H2,1-3H3,(H,45,46)(H,47,48). The normalized spacial score (nSPS) is 12.8. The number of carbonyl (C=O) groups is 3. The third kappa shape index (κ3) is 14.8. The first kappa shape index (κ1) is 42.2. The van der Waals surface area contributed by atoms with Crippen molar-refractivity contribution in [3.05, 3.63) is 101 Å². The second kappa shape index (κ2) is 24.1. The highest BCUT2D eigenvalue weighted by Crippen LogP contribution is 2.41. The number of ether oxygens (including phenoxy) is 3. The Morgan fingerprint density at radius 3 is 1.73 bits per heavy atom. The number of carboxylic acid groups (broad SMARTS) is 1. The molecule has 0 spiro atoms. The van der Waals surface area contributed by atoms with Crippen LogP contribution in [0.1, 0.15) is 132 Å². The molecule has 8 heteroatoms. The summed E-state index contributed by atoms with van der Waals surface area (Å²) in [6.07, 6.45) is 14.9. The van der Waals surface area contributed by atoms with Gasteiger partial charge in [-0.15, -0.1) is 0 Å². The van der Waals surface area contributed by atoms with Crippen LogP contribution in [0.15, 0.2) is 78.9 Å². The Balaban J connectivity index is 1.66. The molecule has 8 nitrogen and oxygen atoms in total. The maximum atomic E-state index is 12.9. The number of nitrogens with one attached hydrogen (secondary N) is 1. The first-order valence-electron chi connectivity index (χ1n) is 19.4. The average Bonchev–Trinajstić information content (AvgIpc) is 3.16. The van der Waals surface area contributed by atoms with Crippen molar-refractivity contribution in [2.24, 2.45) is 0 Å². The zero-order valence-corrected chi connectivity index (χ0v) is 31.7. The van der Waals surface area contributed by atoms with Gasteiger partial charge in [0, 0.05) is 6.42 Å². The summed E-state index contributed by atoms with van der Waals surface area (Å²) in [5, 5.41) is 12.1. The maximum Gasteiger partial charge on any atom is 0.306 e. The van der Waals surface area contributed by atoms with Crippen molar-refractivity contribution < 1.29 is 33.7 Å². The van der Waals surface area contributed by atoms with Crippen molar-refractivity contribution in [2.45, 2.75) is 128 Å². The van der Waals surface area contributed by atoms with Crippen molar-refractivity contribution >= 4 is 17.8 Å². The highest BCUT2D eigenvalue weighted by atomic mass is 16.6. The van der Waals surface area contributed by atoms with Crippen LogP contribution in [0, 0.1) is 6.92 Å². The zero-order valence-electron chi connectivity index (χ0n) is 31.7. The summed E-state index contributed by atoms with van der Waals surface area (Å²) in [4.78, 5) is 36.9. The van der Waals surface area contributed by atoms with Crippen molar-refractivity contribution in [3.63, 3.8) is 0 Å². The highest BCUT2D eigenvalue weighted by Gasteiger charge is 2.39. The Labute approximate surface area is 311 Å². The predicted molar refractivity (Wildman–Crippen MR) is 207 cm³/mol. The molecule has 0 saturated carbocycles. The summed E-state index contributed by atoms with van der Waals surface area (Å²) in [5.74, 6) is -1.16. The minimum absolute atomic E-state index is 0.0392. The number of aliphatic carboxylic acids is 1. The maximum absolute atomic E-state index is 12.9. The van der Waals surface area contributed by atoms with Gasteiger partial charge in [-0.2, -0.15) is 0 Å². The summed E-state index contributed by atoms with van der Waals surface area (Å²) >= 11 is 0. The van der Waals surface area contributed by atoms with Crippen LogP contribution in [0.4, 0.5) is 0 Å². The first-order chi connectivity index (χ1) is 25.3. The van der Waals surface area contributed by atoms with Gasteiger partial charge in [-0.1, -0.05) is 156 Å². The van der Waals surface area contributed by atoms with Gasteiger partial charge in [-0.05, 0) is 42.2 Å². The second-order valence-corrected chi connectivity index (χ2v) is 13.8. The second-order valence-electron chi connectivity index (χ2n) is 13.8. The molecule has 52 heavy (non-hydrogen) atoms. The molecule has 0 fully saturated rings. The van der Waals surface area contributed by atoms with Crippen LogP contribution in [0.5, 0.6) is 5.75 Å². The van der Waals surface area contributed by atoms with E-state index in [1.54, 1.807) is 7.11 Å². The molecular formula is C44H61NO7. The third-order valence-corrected chi connectivity index (χ3v) is 9.50. The number of rotatable bonds is 27. The number of carbonyl (C=O) groups excluding carboxylic acids is 2. The molecule has 1 amide bonds. The average molecular weight is 716 g/mol. The SMILES string of the molecule is CCCCCCCCCCCCCCCC(=O)NCC(COC(c1ccccc1)(c1ccc(C)cc1)c1ccc(OC)cc1)OC(=O)CCC(=O)O. The minimum atomic E-state index is -1.11. The molecular weight excluding hydrogens is 654 g/mol. The third-order valence-electron chi connectivity index (χ3n) is 9.50. The van der Waals surface area contributed by atoms with E-state index in [2.05, 4.69) is 12.2 Å². The summed E-state index contributed by atoms with van der Waals surface area (Å²) in [5.41, 5.74) is 2.57. The molecule has 0 aliphatic heterocycles. The van der Waals surface area contributed by atoms with Crippen LogP contribution in [-0.2, 0) is 29.5 Å². The van der Waals surface area contributed by atoms with Gasteiger partial charge in [0.25, 0.3) is 0 Å². The summed E-state index contributed by atoms with van der Waals surface area (Å²) in [6, 6.07) is 25.6. The van der Waals surface area contributed by atoms with Crippen molar-refractivity contribution in [1.82, 2.24) is 5.32 Å². The van der Waals surface area contributed by atoms with E-state index in [9.17, 15) is 14.4 Å². The summed E-state index contributed by atoms with van der Waals surface area (Å²) in [6.45, 7) is 4.25. The molecule has 0 radical (unpaired) electrons. The fraction of sp³-hybridized carbons (Fsp3) is 0.523. The topological polar surface area (TPSA) is 111 Å². The number of aryl methyl sites for hydroxylation is 1. The van der Waals surface area contributed by atoms with E-state index in [0.29, 0.717) is 12.2 Å². The Hall–Kier alpha value is -4.17. The number of unbranched alkanes of at least 4 members (excludes halogenated alkanes) is 12. The predicted octanol–water partition coefficient (Wildman–Crippen LogP) is 9.69. The number of methoxy groups -OCH3 is 1. The Kier molecular flexibility index (Phi) is 19.6. The van der Waals surface area contributed by atoms with Crippen molar-refractivity contribution in [1.29, 1.82) is 0 Å². The number of hydrogen-bond acceptors (Lipinski definition) is 6. The molecule has 3 aromatic rings. The van der Waals surface area contributed by atoms with Gasteiger partial charge in [0.15, 0.2) is 0 Å². The molecule has 2 unspecified atom stereocenters. The molecule has 3 rings (SSSR count). The monoisotopic (exact) mass is 715 g/mol. The minimum Gasteiger partial charge on any atom is -0.497 e. The number of benzene rings is 3. The van der Waals surface area contributed by atoms with Crippen LogP contribution in [-0.4, -0.2) is 49.3 Å². The molecule has 0 aliphatic rings. The van der Waals surface area contributed by atoms with Crippen LogP contribution < -0.4 is 10.1 Å². The molecule has 0 aromatic heterocycles. The Morgan fingerprint density at radius 1 is 0.673 bits per heavy atom. The van der Waals surface area contributed by atoms with E-state index < -0.39 is 23.6 Å². The van der Waals surface area contributed by atoms with Crippen molar-refractivity contribution in [3.8, 4) is 5.75 Å². The number of amides is 1. The summed E-state index contributed by atoms with van der Waals surface area (Å²) < 4.78 is 18.1. The van der Waals surface area contributed by atoms with Crippen molar-refractivity contribution in [2.75, 3.05) is 20.3 Å². The fourth-order valence-corrected chi connectivity index (χ4v) is 6.46. The van der Waals surface area contributed by atoms with E-state index in [1.807, 2.05) is 85.8 Å². The van der Waals surface area contributed by atoms with Gasteiger partial charge >= 0.3 is 11.9 Å². The van der Waals surface area contributed by atoms with Crippen LogP contribution >= 0.6 is 0 Å². The van der Waals surface area contributed by atoms with E-state index in [0.717, 1.165) is 41.5 Å². The van der Waals surface area contributed by atoms with Crippen LogP contribution in [0.2, 0.25) is 0 Å². The van der Waals surface area contributed by atoms with Crippen LogP contribution in [0.25, 0.3) is 0 Å². The molecule has 0 saturated heterocycles. The van der Waals surface area contributed by atoms with Gasteiger partial charge < -0.3 is 24.6 Å². The number of esters is 1. The van der Waals surface area contributed by atoms with Gasteiger partial charge in [0.2, 0.25) is 5.91 Å². The number of hydrogen-bond donors (Lipinski definition) is 2. The van der Waals surface area contributed by atoms with Gasteiger partial charge in [-0.3, -0.25) is 14.4 Å². The smallest absolute Gasteiger partial charge is 0.306 e. The quantitative estimate of drug-likeness (QED) is 0.0459. The van der Waals surface area contributed by atoms with E-state index in [4.69, 9.17) is 19.3 Å².